The number of carbonyl (C=O) groups is 1. The number of hydrogen-bond donors (Lipinski definition) is 1. The lowest BCUT2D eigenvalue weighted by atomic mass is 10.2. The predicted molar refractivity (Wildman–Crippen MR) is 86.3 cm³/mol. The van der Waals surface area contributed by atoms with Crippen LogP contribution < -0.4 is 5.48 Å². The first-order valence-electron chi connectivity index (χ1n) is 7.34. The molecule has 1 N–H and O–H groups in total. The molecule has 2 aromatic rings. The van der Waals surface area contributed by atoms with Crippen molar-refractivity contribution in [1.82, 2.24) is 0 Å². The molecule has 116 valence electrons. The third kappa shape index (κ3) is 5.68. The van der Waals surface area contributed by atoms with Crippen LogP contribution in [0.2, 0.25) is 0 Å². The summed E-state index contributed by atoms with van der Waals surface area (Å²) in [5.74, 6) is -0.0215. The largest absolute Gasteiger partial charge is 0.377 e. The normalized spacial score (nSPS) is 11.9. The van der Waals surface area contributed by atoms with Crippen LogP contribution in [0.25, 0.3) is 0 Å². The second-order valence-corrected chi connectivity index (χ2v) is 5.01. The first-order chi connectivity index (χ1) is 10.8. The van der Waals surface area contributed by atoms with E-state index in [2.05, 4.69) is 5.48 Å². The lowest BCUT2D eigenvalue weighted by Gasteiger charge is -2.16. The van der Waals surface area contributed by atoms with Crippen LogP contribution in [0.1, 0.15) is 18.9 Å². The molecule has 0 saturated carbocycles. The Morgan fingerprint density at radius 2 is 1.68 bits per heavy atom. The highest BCUT2D eigenvalue weighted by Gasteiger charge is 2.15. The van der Waals surface area contributed by atoms with Crippen molar-refractivity contribution in [3.63, 3.8) is 0 Å². The molecule has 0 radical (unpaired) electrons. The van der Waals surface area contributed by atoms with Crippen molar-refractivity contribution in [2.24, 2.45) is 0 Å². The third-order valence-corrected chi connectivity index (χ3v) is 3.18. The van der Waals surface area contributed by atoms with E-state index in [9.17, 15) is 4.79 Å². The van der Waals surface area contributed by atoms with Crippen LogP contribution in [0, 0.1) is 0 Å². The molecular formula is C18H21NO3. The molecule has 0 saturated heterocycles. The molecule has 22 heavy (non-hydrogen) atoms. The van der Waals surface area contributed by atoms with Crippen molar-refractivity contribution in [3.8, 4) is 0 Å². The number of hydrogen-bond acceptors (Lipinski definition) is 4. The highest BCUT2D eigenvalue weighted by Crippen LogP contribution is 2.09. The van der Waals surface area contributed by atoms with Crippen LogP contribution in [0.5, 0.6) is 0 Å². The highest BCUT2D eigenvalue weighted by atomic mass is 16.7. The minimum absolute atomic E-state index is 0.0215. The van der Waals surface area contributed by atoms with Crippen LogP contribution in [-0.2, 0) is 21.0 Å². The van der Waals surface area contributed by atoms with E-state index in [0.29, 0.717) is 19.6 Å². The van der Waals surface area contributed by atoms with E-state index >= 15 is 0 Å². The summed E-state index contributed by atoms with van der Waals surface area (Å²) in [6, 6.07) is 19.4. The van der Waals surface area contributed by atoms with E-state index in [1.54, 1.807) is 0 Å². The molecule has 2 rings (SSSR count). The molecule has 0 aromatic heterocycles. The Labute approximate surface area is 131 Å². The maximum atomic E-state index is 11.6. The monoisotopic (exact) mass is 299 g/mol. The predicted octanol–water partition coefficient (Wildman–Crippen LogP) is 3.59. The number of carbonyl (C=O) groups excluding carboxylic acids is 1. The van der Waals surface area contributed by atoms with Crippen LogP contribution in [0.15, 0.2) is 60.7 Å². The number of anilines is 1. The zero-order valence-electron chi connectivity index (χ0n) is 12.7. The van der Waals surface area contributed by atoms with Gasteiger partial charge in [0.2, 0.25) is 0 Å². The zero-order valence-corrected chi connectivity index (χ0v) is 12.7. The average molecular weight is 299 g/mol. The van der Waals surface area contributed by atoms with Crippen LogP contribution in [0.4, 0.5) is 5.69 Å². The van der Waals surface area contributed by atoms with E-state index < -0.39 is 6.10 Å². The van der Waals surface area contributed by atoms with Gasteiger partial charge in [-0.1, -0.05) is 48.5 Å². The summed E-state index contributed by atoms with van der Waals surface area (Å²) in [4.78, 5) is 17.1. The second kappa shape index (κ2) is 8.97. The molecule has 0 aliphatic carbocycles. The van der Waals surface area contributed by atoms with Gasteiger partial charge in [0, 0.05) is 6.42 Å². The first kappa shape index (κ1) is 16.2. The number of nitrogens with one attached hydrogen (secondary N) is 1. The van der Waals surface area contributed by atoms with Gasteiger partial charge in [-0.15, -0.1) is 0 Å². The van der Waals surface area contributed by atoms with E-state index in [1.807, 2.05) is 60.7 Å². The maximum Gasteiger partial charge on any atom is 0.161 e. The standard InChI is InChI=1S/C18H21NO3/c1-15(20)18(22-19-17-10-6-3-7-11-17)12-13-21-14-16-8-4-2-5-9-16/h2-11,18-19H,12-14H2,1H3/t18-/m1/s1. The van der Waals surface area contributed by atoms with E-state index in [-0.39, 0.29) is 5.78 Å². The molecule has 0 heterocycles. The summed E-state index contributed by atoms with van der Waals surface area (Å²) >= 11 is 0. The molecular weight excluding hydrogens is 278 g/mol. The van der Waals surface area contributed by atoms with Gasteiger partial charge < -0.3 is 4.74 Å². The fourth-order valence-corrected chi connectivity index (χ4v) is 1.95. The SMILES string of the molecule is CC(=O)[C@@H](CCOCc1ccccc1)ONc1ccccc1. The molecule has 2 aromatic carbocycles. The van der Waals surface area contributed by atoms with E-state index in [0.717, 1.165) is 11.3 Å². The summed E-state index contributed by atoms with van der Waals surface area (Å²) in [5, 5.41) is 0. The molecule has 0 fully saturated rings. The van der Waals surface area contributed by atoms with E-state index in [4.69, 9.17) is 9.57 Å². The summed E-state index contributed by atoms with van der Waals surface area (Å²) in [6.45, 7) is 2.53. The lowest BCUT2D eigenvalue weighted by Crippen LogP contribution is -2.26. The lowest BCUT2D eigenvalue weighted by molar-refractivity contribution is -0.127. The Morgan fingerprint density at radius 1 is 1.05 bits per heavy atom. The van der Waals surface area contributed by atoms with Crippen molar-refractivity contribution in [3.05, 3.63) is 66.2 Å². The Balaban J connectivity index is 1.71. The smallest absolute Gasteiger partial charge is 0.161 e. The molecule has 0 bridgehead atoms. The van der Waals surface area contributed by atoms with Gasteiger partial charge in [0.15, 0.2) is 5.78 Å². The van der Waals surface area contributed by atoms with Crippen LogP contribution in [0.3, 0.4) is 0 Å². The van der Waals surface area contributed by atoms with Gasteiger partial charge in [-0.3, -0.25) is 15.1 Å². The third-order valence-electron chi connectivity index (χ3n) is 3.18. The molecule has 0 aliphatic heterocycles. The Bertz CT molecular complexity index is 557. The van der Waals surface area contributed by atoms with Crippen LogP contribution in [-0.4, -0.2) is 18.5 Å². The molecule has 0 unspecified atom stereocenters. The van der Waals surface area contributed by atoms with Gasteiger partial charge in [-0.05, 0) is 24.6 Å². The molecule has 0 spiro atoms. The number of rotatable bonds is 9. The number of Topliss-reactive ketones (excluding diaryl/α,β-unsaturated/α-hetero) is 1. The zero-order chi connectivity index (χ0) is 15.6. The Morgan fingerprint density at radius 3 is 2.32 bits per heavy atom. The van der Waals surface area contributed by atoms with Crippen molar-refractivity contribution < 1.29 is 14.4 Å². The fourth-order valence-electron chi connectivity index (χ4n) is 1.95. The van der Waals surface area contributed by atoms with Gasteiger partial charge in [0.1, 0.15) is 6.10 Å². The topological polar surface area (TPSA) is 47.6 Å². The van der Waals surface area contributed by atoms with Crippen molar-refractivity contribution in [1.29, 1.82) is 0 Å². The Hall–Kier alpha value is -2.17. The summed E-state index contributed by atoms with van der Waals surface area (Å²) in [5.41, 5.74) is 4.74. The number of ketones is 1. The molecule has 0 aliphatic rings. The Kier molecular flexibility index (Phi) is 6.61. The summed E-state index contributed by atoms with van der Waals surface area (Å²) < 4.78 is 5.59. The molecule has 0 amide bonds. The quantitative estimate of drug-likeness (QED) is 0.568. The van der Waals surface area contributed by atoms with Gasteiger partial charge >= 0.3 is 0 Å². The summed E-state index contributed by atoms with van der Waals surface area (Å²) in [7, 11) is 0. The molecule has 4 heteroatoms. The van der Waals surface area contributed by atoms with Crippen molar-refractivity contribution in [2.75, 3.05) is 12.1 Å². The van der Waals surface area contributed by atoms with E-state index in [1.165, 1.54) is 6.92 Å². The number of para-hydroxylation sites is 1. The van der Waals surface area contributed by atoms with Crippen molar-refractivity contribution >= 4 is 11.5 Å². The fraction of sp³-hybridized carbons (Fsp3) is 0.278. The summed E-state index contributed by atoms with van der Waals surface area (Å²) in [6.07, 6.45) is -0.00174. The van der Waals surface area contributed by atoms with Gasteiger partial charge in [-0.25, -0.2) is 0 Å². The minimum atomic E-state index is -0.518. The van der Waals surface area contributed by atoms with Crippen LogP contribution >= 0.6 is 0 Å². The number of ether oxygens (including phenoxy) is 1. The average Bonchev–Trinajstić information content (AvgIpc) is 2.55. The second-order valence-electron chi connectivity index (χ2n) is 5.01. The van der Waals surface area contributed by atoms with Gasteiger partial charge in [0.25, 0.3) is 0 Å². The minimum Gasteiger partial charge on any atom is -0.377 e. The van der Waals surface area contributed by atoms with Gasteiger partial charge in [0.05, 0.1) is 18.9 Å². The van der Waals surface area contributed by atoms with Crippen molar-refractivity contribution in [2.45, 2.75) is 26.1 Å². The highest BCUT2D eigenvalue weighted by molar-refractivity contribution is 5.80. The van der Waals surface area contributed by atoms with Gasteiger partial charge in [-0.2, -0.15) is 0 Å². The maximum absolute atomic E-state index is 11.6. The molecule has 4 nitrogen and oxygen atoms in total. The molecule has 1 atom stereocenters. The number of benzene rings is 2. The first-order valence-corrected chi connectivity index (χ1v) is 7.34.